The molecule has 1 fully saturated rings. The summed E-state index contributed by atoms with van der Waals surface area (Å²) in [7, 11) is 0. The van der Waals surface area contributed by atoms with Gasteiger partial charge in [0.1, 0.15) is 4.83 Å². The van der Waals surface area contributed by atoms with Gasteiger partial charge in [-0.05, 0) is 49.8 Å². The number of aromatic nitrogens is 4. The van der Waals surface area contributed by atoms with Crippen LogP contribution in [0.4, 0.5) is 5.95 Å². The molecule has 126 valence electrons. The Morgan fingerprint density at radius 1 is 1.08 bits per heavy atom. The predicted octanol–water partition coefficient (Wildman–Crippen LogP) is 3.69. The molecule has 0 aromatic carbocycles. The smallest absolute Gasteiger partial charge is 0.229 e. The molecular formula is C18H17N5OS. The molecular weight excluding hydrogens is 334 g/mol. The summed E-state index contributed by atoms with van der Waals surface area (Å²) < 4.78 is 7.47. The molecule has 2 aliphatic rings. The van der Waals surface area contributed by atoms with E-state index < -0.39 is 0 Å². The van der Waals surface area contributed by atoms with Crippen molar-refractivity contribution in [2.45, 2.75) is 32.1 Å². The number of fused-ring (bicyclic) bond motifs is 5. The minimum absolute atomic E-state index is 0.637. The summed E-state index contributed by atoms with van der Waals surface area (Å²) in [6, 6.07) is 3.78. The molecule has 0 saturated carbocycles. The summed E-state index contributed by atoms with van der Waals surface area (Å²) in [6.07, 6.45) is 7.61. The van der Waals surface area contributed by atoms with Gasteiger partial charge in [0, 0.05) is 18.0 Å². The van der Waals surface area contributed by atoms with Gasteiger partial charge in [-0.3, -0.25) is 0 Å². The van der Waals surface area contributed by atoms with Crippen LogP contribution in [0.2, 0.25) is 0 Å². The minimum Gasteiger partial charge on any atom is -0.461 e. The number of rotatable bonds is 2. The van der Waals surface area contributed by atoms with Crippen molar-refractivity contribution in [2.75, 3.05) is 18.0 Å². The van der Waals surface area contributed by atoms with E-state index in [-0.39, 0.29) is 0 Å². The average molecular weight is 351 g/mol. The molecule has 0 radical (unpaired) electrons. The fourth-order valence-corrected chi connectivity index (χ4v) is 5.33. The molecule has 0 atom stereocenters. The number of furan rings is 1. The van der Waals surface area contributed by atoms with Crippen LogP contribution in [0.5, 0.6) is 0 Å². The second-order valence-corrected chi connectivity index (χ2v) is 7.88. The van der Waals surface area contributed by atoms with Crippen molar-refractivity contribution in [3.63, 3.8) is 0 Å². The van der Waals surface area contributed by atoms with Crippen molar-refractivity contribution in [1.29, 1.82) is 0 Å². The molecule has 0 spiro atoms. The Labute approximate surface area is 148 Å². The molecule has 0 N–H and O–H groups in total. The Kier molecular flexibility index (Phi) is 2.79. The Bertz CT molecular complexity index is 1090. The highest BCUT2D eigenvalue weighted by molar-refractivity contribution is 7.19. The van der Waals surface area contributed by atoms with Crippen LogP contribution in [-0.2, 0) is 12.8 Å². The maximum Gasteiger partial charge on any atom is 0.229 e. The largest absolute Gasteiger partial charge is 0.461 e. The van der Waals surface area contributed by atoms with E-state index in [0.29, 0.717) is 11.6 Å². The number of hydrogen-bond acceptors (Lipinski definition) is 6. The van der Waals surface area contributed by atoms with Gasteiger partial charge in [-0.15, -0.1) is 16.4 Å². The van der Waals surface area contributed by atoms with Gasteiger partial charge in [0.05, 0.1) is 11.6 Å². The van der Waals surface area contributed by atoms with Gasteiger partial charge in [0.25, 0.3) is 0 Å². The molecule has 25 heavy (non-hydrogen) atoms. The number of aryl methyl sites for hydroxylation is 2. The van der Waals surface area contributed by atoms with Gasteiger partial charge in [-0.1, -0.05) is 0 Å². The van der Waals surface area contributed by atoms with Gasteiger partial charge in [0.15, 0.2) is 11.4 Å². The lowest BCUT2D eigenvalue weighted by Gasteiger charge is -2.16. The Hall–Kier alpha value is -2.41. The third-order valence-corrected chi connectivity index (χ3v) is 6.44. The average Bonchev–Trinajstić information content (AvgIpc) is 3.42. The minimum atomic E-state index is 0.637. The third kappa shape index (κ3) is 1.93. The topological polar surface area (TPSA) is 59.5 Å². The van der Waals surface area contributed by atoms with Crippen molar-refractivity contribution in [3.05, 3.63) is 28.8 Å². The molecule has 0 amide bonds. The normalized spacial score (nSPS) is 17.2. The Morgan fingerprint density at radius 3 is 2.84 bits per heavy atom. The molecule has 0 bridgehead atoms. The van der Waals surface area contributed by atoms with Crippen molar-refractivity contribution in [3.8, 4) is 11.6 Å². The van der Waals surface area contributed by atoms with Crippen LogP contribution >= 0.6 is 11.3 Å². The molecule has 7 heteroatoms. The van der Waals surface area contributed by atoms with Gasteiger partial charge < -0.3 is 9.32 Å². The van der Waals surface area contributed by atoms with Crippen molar-refractivity contribution >= 4 is 33.1 Å². The van der Waals surface area contributed by atoms with Crippen LogP contribution in [0.3, 0.4) is 0 Å². The number of thiophene rings is 1. The molecule has 0 unspecified atom stereocenters. The second kappa shape index (κ2) is 5.05. The summed E-state index contributed by atoms with van der Waals surface area (Å²) in [6.45, 7) is 2.07. The predicted molar refractivity (Wildman–Crippen MR) is 97.3 cm³/mol. The van der Waals surface area contributed by atoms with Crippen LogP contribution in [0, 0.1) is 0 Å². The van der Waals surface area contributed by atoms with Gasteiger partial charge in [-0.2, -0.15) is 4.52 Å². The Morgan fingerprint density at radius 2 is 2.00 bits per heavy atom. The van der Waals surface area contributed by atoms with Gasteiger partial charge in [0.2, 0.25) is 11.8 Å². The first-order valence-electron chi connectivity index (χ1n) is 8.88. The van der Waals surface area contributed by atoms with E-state index in [0.717, 1.165) is 35.9 Å². The summed E-state index contributed by atoms with van der Waals surface area (Å²) in [5.74, 6) is 2.26. The highest BCUT2D eigenvalue weighted by atomic mass is 32.1. The summed E-state index contributed by atoms with van der Waals surface area (Å²) in [5, 5.41) is 5.97. The van der Waals surface area contributed by atoms with Gasteiger partial charge >= 0.3 is 0 Å². The quantitative estimate of drug-likeness (QED) is 0.551. The number of hydrogen-bond donors (Lipinski definition) is 0. The molecule has 1 aliphatic heterocycles. The van der Waals surface area contributed by atoms with E-state index in [1.165, 1.54) is 41.5 Å². The SMILES string of the molecule is c1coc(-c2nc3c4c5c(sc4nc(N4CCCC4)n3n2)CCC5)c1. The van der Waals surface area contributed by atoms with E-state index in [2.05, 4.69) is 4.90 Å². The van der Waals surface area contributed by atoms with E-state index in [9.17, 15) is 0 Å². The molecule has 4 aromatic heterocycles. The fourth-order valence-electron chi connectivity index (χ4n) is 4.08. The molecule has 5 heterocycles. The highest BCUT2D eigenvalue weighted by Gasteiger charge is 2.27. The van der Waals surface area contributed by atoms with Gasteiger partial charge in [-0.25, -0.2) is 9.97 Å². The lowest BCUT2D eigenvalue weighted by molar-refractivity contribution is 0.577. The van der Waals surface area contributed by atoms with E-state index in [4.69, 9.17) is 19.5 Å². The zero-order valence-electron chi connectivity index (χ0n) is 13.7. The molecule has 1 aliphatic carbocycles. The van der Waals surface area contributed by atoms with E-state index in [1.54, 1.807) is 6.26 Å². The van der Waals surface area contributed by atoms with Crippen LogP contribution in [0.15, 0.2) is 22.8 Å². The monoisotopic (exact) mass is 351 g/mol. The molecule has 6 rings (SSSR count). The molecule has 4 aromatic rings. The summed E-state index contributed by atoms with van der Waals surface area (Å²) >= 11 is 1.84. The third-order valence-electron chi connectivity index (χ3n) is 5.25. The van der Waals surface area contributed by atoms with Crippen LogP contribution in [0.25, 0.3) is 27.4 Å². The van der Waals surface area contributed by atoms with Crippen LogP contribution in [-0.4, -0.2) is 32.7 Å². The lowest BCUT2D eigenvalue weighted by Crippen LogP contribution is -2.22. The summed E-state index contributed by atoms with van der Waals surface area (Å²) in [4.78, 5) is 14.8. The summed E-state index contributed by atoms with van der Waals surface area (Å²) in [5.41, 5.74) is 2.36. The number of nitrogens with zero attached hydrogens (tertiary/aromatic N) is 5. The first kappa shape index (κ1) is 13.8. The highest BCUT2D eigenvalue weighted by Crippen LogP contribution is 2.40. The maximum atomic E-state index is 5.53. The molecule has 6 nitrogen and oxygen atoms in total. The van der Waals surface area contributed by atoms with Crippen molar-refractivity contribution < 1.29 is 4.42 Å². The first-order valence-corrected chi connectivity index (χ1v) is 9.70. The second-order valence-electron chi connectivity index (χ2n) is 6.79. The lowest BCUT2D eigenvalue weighted by atomic mass is 10.2. The standard InChI is InChI=1S/C18H17N5OS/c1-2-9-22(8-1)18-20-17-14(11-5-3-7-13(11)25-17)16-19-15(21-23(16)18)12-6-4-10-24-12/h4,6,10H,1-3,5,7-9H2. The van der Waals surface area contributed by atoms with Crippen LogP contribution in [0.1, 0.15) is 29.7 Å². The zero-order chi connectivity index (χ0) is 16.4. The van der Waals surface area contributed by atoms with E-state index in [1.807, 2.05) is 28.0 Å². The molecule has 1 saturated heterocycles. The maximum absolute atomic E-state index is 5.53. The van der Waals surface area contributed by atoms with Crippen molar-refractivity contribution in [2.24, 2.45) is 0 Å². The van der Waals surface area contributed by atoms with Crippen LogP contribution < -0.4 is 4.90 Å². The zero-order valence-corrected chi connectivity index (χ0v) is 14.6. The fraction of sp³-hybridized carbons (Fsp3) is 0.389. The first-order chi connectivity index (χ1) is 12.4. The Balaban J connectivity index is 1.69. The number of anilines is 1. The van der Waals surface area contributed by atoms with E-state index >= 15 is 0 Å². The van der Waals surface area contributed by atoms with Crippen molar-refractivity contribution in [1.82, 2.24) is 19.6 Å².